The molecular weight excluding hydrogens is 206 g/mol. The number of rotatable bonds is 2. The summed E-state index contributed by atoms with van der Waals surface area (Å²) in [7, 11) is 0. The van der Waals surface area contributed by atoms with Crippen molar-refractivity contribution in [1.29, 1.82) is 0 Å². The monoisotopic (exact) mass is 223 g/mol. The zero-order valence-corrected chi connectivity index (χ0v) is 9.84. The van der Waals surface area contributed by atoms with E-state index in [-0.39, 0.29) is 12.1 Å². The topological polar surface area (TPSA) is 50.1 Å². The van der Waals surface area contributed by atoms with Crippen molar-refractivity contribution >= 4 is 11.8 Å². The van der Waals surface area contributed by atoms with Gasteiger partial charge in [0, 0.05) is 17.0 Å². The predicted octanol–water partition coefficient (Wildman–Crippen LogP) is 1.27. The second-order valence-corrected chi connectivity index (χ2v) is 4.79. The SMILES string of the molecule is CSc1ccc(C2NNC(C)C2N)cc1. The van der Waals surface area contributed by atoms with Crippen LogP contribution in [0.15, 0.2) is 29.2 Å². The molecule has 4 heteroatoms. The molecule has 0 saturated carbocycles. The lowest BCUT2D eigenvalue weighted by atomic mass is 9.98. The van der Waals surface area contributed by atoms with Crippen LogP contribution >= 0.6 is 11.8 Å². The van der Waals surface area contributed by atoms with Crippen molar-refractivity contribution in [1.82, 2.24) is 10.9 Å². The minimum atomic E-state index is 0.130. The van der Waals surface area contributed by atoms with E-state index < -0.39 is 0 Å². The molecule has 1 aliphatic rings. The third-order valence-electron chi connectivity index (χ3n) is 2.90. The normalized spacial score (nSPS) is 30.7. The fraction of sp³-hybridized carbons (Fsp3) is 0.455. The third kappa shape index (κ3) is 2.18. The summed E-state index contributed by atoms with van der Waals surface area (Å²) in [5, 5.41) is 0. The van der Waals surface area contributed by atoms with Crippen molar-refractivity contribution in [3.63, 3.8) is 0 Å². The minimum Gasteiger partial charge on any atom is -0.325 e. The van der Waals surface area contributed by atoms with E-state index in [0.717, 1.165) is 0 Å². The standard InChI is InChI=1S/C11H17N3S/c1-7-10(12)11(14-13-7)8-3-5-9(15-2)6-4-8/h3-7,10-11,13-14H,12H2,1-2H3. The molecule has 4 N–H and O–H groups in total. The lowest BCUT2D eigenvalue weighted by Crippen LogP contribution is -2.35. The second kappa shape index (κ2) is 4.53. The molecular formula is C11H17N3S. The fourth-order valence-electron chi connectivity index (χ4n) is 1.82. The first-order chi connectivity index (χ1) is 7.22. The highest BCUT2D eigenvalue weighted by Gasteiger charge is 2.30. The Labute approximate surface area is 94.8 Å². The molecule has 0 radical (unpaired) electrons. The van der Waals surface area contributed by atoms with Gasteiger partial charge in [-0.25, -0.2) is 5.43 Å². The van der Waals surface area contributed by atoms with Crippen LogP contribution in [-0.2, 0) is 0 Å². The van der Waals surface area contributed by atoms with E-state index >= 15 is 0 Å². The average molecular weight is 223 g/mol. The highest BCUT2D eigenvalue weighted by atomic mass is 32.2. The van der Waals surface area contributed by atoms with Crippen molar-refractivity contribution in [2.24, 2.45) is 5.73 Å². The van der Waals surface area contributed by atoms with Gasteiger partial charge in [-0.15, -0.1) is 11.8 Å². The number of hydrogen-bond acceptors (Lipinski definition) is 4. The van der Waals surface area contributed by atoms with Gasteiger partial charge >= 0.3 is 0 Å². The lowest BCUT2D eigenvalue weighted by Gasteiger charge is -2.16. The number of hydrogen-bond donors (Lipinski definition) is 3. The molecule has 3 nitrogen and oxygen atoms in total. The summed E-state index contributed by atoms with van der Waals surface area (Å²) < 4.78 is 0. The van der Waals surface area contributed by atoms with Crippen molar-refractivity contribution in [3.8, 4) is 0 Å². The number of hydrazine groups is 1. The van der Waals surface area contributed by atoms with Gasteiger partial charge in [-0.1, -0.05) is 12.1 Å². The molecule has 1 aromatic rings. The quantitative estimate of drug-likeness (QED) is 0.661. The van der Waals surface area contributed by atoms with Gasteiger partial charge in [-0.3, -0.25) is 5.43 Å². The van der Waals surface area contributed by atoms with Crippen LogP contribution in [0, 0.1) is 0 Å². The largest absolute Gasteiger partial charge is 0.325 e. The summed E-state index contributed by atoms with van der Waals surface area (Å²) in [6.45, 7) is 2.09. The Balaban J connectivity index is 2.16. The zero-order chi connectivity index (χ0) is 10.8. The van der Waals surface area contributed by atoms with Gasteiger partial charge in [0.1, 0.15) is 0 Å². The van der Waals surface area contributed by atoms with Gasteiger partial charge in [-0.2, -0.15) is 0 Å². The highest BCUT2D eigenvalue weighted by Crippen LogP contribution is 2.23. The molecule has 0 bridgehead atoms. The molecule has 1 fully saturated rings. The van der Waals surface area contributed by atoms with Crippen LogP contribution in [0.25, 0.3) is 0 Å². The molecule has 0 aliphatic carbocycles. The summed E-state index contributed by atoms with van der Waals surface area (Å²) in [5.74, 6) is 0. The summed E-state index contributed by atoms with van der Waals surface area (Å²) in [6.07, 6.45) is 2.08. The van der Waals surface area contributed by atoms with Crippen LogP contribution in [0.5, 0.6) is 0 Å². The van der Waals surface area contributed by atoms with Crippen LogP contribution in [0.1, 0.15) is 18.5 Å². The van der Waals surface area contributed by atoms with Gasteiger partial charge in [0.2, 0.25) is 0 Å². The number of benzene rings is 1. The van der Waals surface area contributed by atoms with E-state index in [0.29, 0.717) is 6.04 Å². The molecule has 1 aromatic carbocycles. The summed E-state index contributed by atoms with van der Waals surface area (Å²) in [6, 6.07) is 9.22. The van der Waals surface area contributed by atoms with Gasteiger partial charge < -0.3 is 5.73 Å². The molecule has 15 heavy (non-hydrogen) atoms. The third-order valence-corrected chi connectivity index (χ3v) is 3.65. The van der Waals surface area contributed by atoms with E-state index in [9.17, 15) is 0 Å². The first-order valence-electron chi connectivity index (χ1n) is 5.13. The molecule has 0 amide bonds. The fourth-order valence-corrected chi connectivity index (χ4v) is 2.23. The van der Waals surface area contributed by atoms with Crippen LogP contribution in [0.3, 0.4) is 0 Å². The Morgan fingerprint density at radius 2 is 1.87 bits per heavy atom. The zero-order valence-electron chi connectivity index (χ0n) is 9.03. The molecule has 1 heterocycles. The van der Waals surface area contributed by atoms with Gasteiger partial charge in [0.05, 0.1) is 6.04 Å². The molecule has 2 rings (SSSR count). The summed E-state index contributed by atoms with van der Waals surface area (Å²) in [5.41, 5.74) is 13.7. The van der Waals surface area contributed by atoms with Crippen molar-refractivity contribution in [2.45, 2.75) is 29.9 Å². The van der Waals surface area contributed by atoms with Crippen molar-refractivity contribution in [3.05, 3.63) is 29.8 Å². The average Bonchev–Trinajstić information content (AvgIpc) is 2.60. The second-order valence-electron chi connectivity index (χ2n) is 3.91. The first kappa shape index (κ1) is 11.0. The number of thioether (sulfide) groups is 1. The highest BCUT2D eigenvalue weighted by molar-refractivity contribution is 7.98. The molecule has 82 valence electrons. The Kier molecular flexibility index (Phi) is 3.31. The molecule has 1 aliphatic heterocycles. The summed E-state index contributed by atoms with van der Waals surface area (Å²) in [4.78, 5) is 1.28. The van der Waals surface area contributed by atoms with Crippen LogP contribution in [-0.4, -0.2) is 18.3 Å². The van der Waals surface area contributed by atoms with E-state index in [1.807, 2.05) is 0 Å². The smallest absolute Gasteiger partial charge is 0.0629 e. The Bertz CT molecular complexity index is 325. The van der Waals surface area contributed by atoms with Crippen LogP contribution in [0.4, 0.5) is 0 Å². The lowest BCUT2D eigenvalue weighted by molar-refractivity contribution is 0.550. The summed E-state index contributed by atoms with van der Waals surface area (Å²) >= 11 is 1.75. The maximum Gasteiger partial charge on any atom is 0.0629 e. The van der Waals surface area contributed by atoms with Gasteiger partial charge in [-0.05, 0) is 30.9 Å². The van der Waals surface area contributed by atoms with Gasteiger partial charge in [0.15, 0.2) is 0 Å². The Hall–Kier alpha value is -0.550. The molecule has 3 atom stereocenters. The van der Waals surface area contributed by atoms with E-state index in [1.165, 1.54) is 10.5 Å². The van der Waals surface area contributed by atoms with E-state index in [2.05, 4.69) is 48.3 Å². The maximum absolute atomic E-state index is 6.09. The number of nitrogens with two attached hydrogens (primary N) is 1. The molecule has 3 unspecified atom stereocenters. The Morgan fingerprint density at radius 3 is 2.33 bits per heavy atom. The van der Waals surface area contributed by atoms with Crippen LogP contribution < -0.4 is 16.6 Å². The molecule has 0 spiro atoms. The Morgan fingerprint density at radius 1 is 1.20 bits per heavy atom. The van der Waals surface area contributed by atoms with Gasteiger partial charge in [0.25, 0.3) is 0 Å². The first-order valence-corrected chi connectivity index (χ1v) is 6.35. The molecule has 1 saturated heterocycles. The van der Waals surface area contributed by atoms with Crippen LogP contribution in [0.2, 0.25) is 0 Å². The van der Waals surface area contributed by atoms with Crippen molar-refractivity contribution in [2.75, 3.05) is 6.26 Å². The number of nitrogens with one attached hydrogen (secondary N) is 2. The van der Waals surface area contributed by atoms with Crippen molar-refractivity contribution < 1.29 is 0 Å². The maximum atomic E-state index is 6.09. The van der Waals surface area contributed by atoms with E-state index in [4.69, 9.17) is 5.73 Å². The molecule has 0 aromatic heterocycles. The van der Waals surface area contributed by atoms with E-state index in [1.54, 1.807) is 11.8 Å². The predicted molar refractivity (Wildman–Crippen MR) is 64.7 cm³/mol. The minimum absolute atomic E-state index is 0.130.